The number of benzene rings is 1. The summed E-state index contributed by atoms with van der Waals surface area (Å²) in [4.78, 5) is 10.9. The molecule has 0 aliphatic heterocycles. The van der Waals surface area contributed by atoms with Crippen molar-refractivity contribution in [3.05, 3.63) is 22.8 Å². The summed E-state index contributed by atoms with van der Waals surface area (Å²) >= 11 is 0. The van der Waals surface area contributed by atoms with Crippen LogP contribution in [0.2, 0.25) is 0 Å². The molecule has 0 saturated heterocycles. The summed E-state index contributed by atoms with van der Waals surface area (Å²) in [7, 11) is 1.68. The third kappa shape index (κ3) is 3.22. The number of Topliss-reactive ketones (excluding diaryl/α,β-unsaturated/α-hetero) is 1. The molecular formula is C14H21NO2. The van der Waals surface area contributed by atoms with Crippen LogP contribution >= 0.6 is 0 Å². The van der Waals surface area contributed by atoms with Gasteiger partial charge in [-0.15, -0.1) is 0 Å². The number of carbonyl (C=O) groups is 1. The summed E-state index contributed by atoms with van der Waals surface area (Å²) in [5, 5.41) is 3.33. The van der Waals surface area contributed by atoms with Gasteiger partial charge in [0.25, 0.3) is 0 Å². The van der Waals surface area contributed by atoms with E-state index in [4.69, 9.17) is 4.74 Å². The summed E-state index contributed by atoms with van der Waals surface area (Å²) in [6.45, 7) is 8.46. The molecule has 0 radical (unpaired) electrons. The summed E-state index contributed by atoms with van der Waals surface area (Å²) < 4.78 is 5.32. The fourth-order valence-corrected chi connectivity index (χ4v) is 1.89. The highest BCUT2D eigenvalue weighted by atomic mass is 16.5. The zero-order chi connectivity index (χ0) is 13.0. The van der Waals surface area contributed by atoms with E-state index < -0.39 is 0 Å². The number of anilines is 1. The number of carbonyl (C=O) groups excluding carboxylic acids is 1. The van der Waals surface area contributed by atoms with Crippen molar-refractivity contribution >= 4 is 11.5 Å². The predicted molar refractivity (Wildman–Crippen MR) is 71.0 cm³/mol. The summed E-state index contributed by atoms with van der Waals surface area (Å²) in [5.74, 6) is 1.12. The minimum Gasteiger partial charge on any atom is -0.496 e. The van der Waals surface area contributed by atoms with Crippen LogP contribution < -0.4 is 10.1 Å². The average molecular weight is 235 g/mol. The Hall–Kier alpha value is -1.51. The minimum atomic E-state index is 0.207. The first-order chi connectivity index (χ1) is 7.97. The van der Waals surface area contributed by atoms with E-state index in [1.165, 1.54) is 5.56 Å². The molecule has 94 valence electrons. The van der Waals surface area contributed by atoms with Gasteiger partial charge in [-0.2, -0.15) is 0 Å². The molecule has 3 nitrogen and oxygen atoms in total. The molecule has 0 atom stereocenters. The largest absolute Gasteiger partial charge is 0.496 e. The summed E-state index contributed by atoms with van der Waals surface area (Å²) in [6, 6.07) is 2.03. The van der Waals surface area contributed by atoms with Crippen molar-refractivity contribution in [2.75, 3.05) is 19.0 Å². The first kappa shape index (κ1) is 13.6. The third-order valence-corrected chi connectivity index (χ3v) is 3.05. The summed E-state index contributed by atoms with van der Waals surface area (Å²) in [6.07, 6.45) is 0.559. The number of rotatable bonds is 5. The Morgan fingerprint density at radius 3 is 2.47 bits per heavy atom. The van der Waals surface area contributed by atoms with E-state index in [0.29, 0.717) is 13.0 Å². The van der Waals surface area contributed by atoms with E-state index >= 15 is 0 Å². The lowest BCUT2D eigenvalue weighted by Gasteiger charge is -2.17. The first-order valence-electron chi connectivity index (χ1n) is 5.85. The molecule has 0 aromatic heterocycles. The van der Waals surface area contributed by atoms with Crippen LogP contribution in [-0.2, 0) is 4.79 Å². The molecule has 1 aromatic rings. The van der Waals surface area contributed by atoms with Gasteiger partial charge in [-0.25, -0.2) is 0 Å². The molecule has 1 rings (SSSR count). The average Bonchev–Trinajstić information content (AvgIpc) is 2.27. The number of aryl methyl sites for hydroxylation is 1. The third-order valence-electron chi connectivity index (χ3n) is 3.05. The van der Waals surface area contributed by atoms with Gasteiger partial charge in [0.2, 0.25) is 0 Å². The first-order valence-corrected chi connectivity index (χ1v) is 5.85. The van der Waals surface area contributed by atoms with Crippen LogP contribution in [0, 0.1) is 20.8 Å². The normalized spacial score (nSPS) is 10.2. The van der Waals surface area contributed by atoms with Crippen molar-refractivity contribution in [3.63, 3.8) is 0 Å². The van der Waals surface area contributed by atoms with E-state index in [-0.39, 0.29) is 5.78 Å². The van der Waals surface area contributed by atoms with Gasteiger partial charge in [-0.05, 0) is 50.5 Å². The maximum absolute atomic E-state index is 10.9. The highest BCUT2D eigenvalue weighted by Gasteiger charge is 2.10. The Balaban J connectivity index is 2.92. The van der Waals surface area contributed by atoms with Gasteiger partial charge >= 0.3 is 0 Å². The lowest BCUT2D eigenvalue weighted by Crippen LogP contribution is -2.09. The number of ketones is 1. The number of ether oxygens (including phenoxy) is 1. The lowest BCUT2D eigenvalue weighted by atomic mass is 10.0. The fourth-order valence-electron chi connectivity index (χ4n) is 1.89. The van der Waals surface area contributed by atoms with Crippen molar-refractivity contribution in [3.8, 4) is 5.75 Å². The number of hydrogen-bond donors (Lipinski definition) is 1. The Bertz CT molecular complexity index is 425. The smallest absolute Gasteiger partial charge is 0.131 e. The monoisotopic (exact) mass is 235 g/mol. The van der Waals surface area contributed by atoms with Gasteiger partial charge in [0.05, 0.1) is 7.11 Å². The number of methoxy groups -OCH3 is 1. The molecule has 0 amide bonds. The Morgan fingerprint density at radius 2 is 1.94 bits per heavy atom. The maximum Gasteiger partial charge on any atom is 0.131 e. The molecule has 0 unspecified atom stereocenters. The van der Waals surface area contributed by atoms with Crippen molar-refractivity contribution in [2.24, 2.45) is 0 Å². The zero-order valence-electron chi connectivity index (χ0n) is 11.3. The summed E-state index contributed by atoms with van der Waals surface area (Å²) in [5.41, 5.74) is 4.59. The SMILES string of the molecule is COc1cc(C)c(NCCC(C)=O)c(C)c1C. The van der Waals surface area contributed by atoms with Crippen molar-refractivity contribution in [1.82, 2.24) is 0 Å². The second-order valence-electron chi connectivity index (χ2n) is 4.40. The topological polar surface area (TPSA) is 38.3 Å². The molecular weight excluding hydrogens is 214 g/mol. The molecule has 0 bridgehead atoms. The second-order valence-corrected chi connectivity index (χ2v) is 4.40. The molecule has 0 aliphatic rings. The van der Waals surface area contributed by atoms with Crippen LogP contribution in [0.1, 0.15) is 30.0 Å². The van der Waals surface area contributed by atoms with Crippen LogP contribution in [0.25, 0.3) is 0 Å². The van der Waals surface area contributed by atoms with E-state index in [2.05, 4.69) is 12.2 Å². The molecule has 0 fully saturated rings. The van der Waals surface area contributed by atoms with Crippen molar-refractivity contribution in [2.45, 2.75) is 34.1 Å². The van der Waals surface area contributed by atoms with Gasteiger partial charge in [0.15, 0.2) is 0 Å². The van der Waals surface area contributed by atoms with Gasteiger partial charge in [0, 0.05) is 18.7 Å². The second kappa shape index (κ2) is 5.71. The van der Waals surface area contributed by atoms with E-state index in [0.717, 1.165) is 22.6 Å². The predicted octanol–water partition coefficient (Wildman–Crippen LogP) is 3.01. The zero-order valence-corrected chi connectivity index (χ0v) is 11.3. The molecule has 0 spiro atoms. The minimum absolute atomic E-state index is 0.207. The molecule has 3 heteroatoms. The molecule has 0 saturated carbocycles. The standard InChI is InChI=1S/C14H21NO2/c1-9-8-13(17-5)11(3)12(4)14(9)15-7-6-10(2)16/h8,15H,6-7H2,1-5H3. The van der Waals surface area contributed by atoms with Gasteiger partial charge in [0.1, 0.15) is 11.5 Å². The Morgan fingerprint density at radius 1 is 1.29 bits per heavy atom. The van der Waals surface area contributed by atoms with Crippen molar-refractivity contribution in [1.29, 1.82) is 0 Å². The molecule has 0 aliphatic carbocycles. The van der Waals surface area contributed by atoms with E-state index in [1.807, 2.05) is 19.9 Å². The maximum atomic E-state index is 10.9. The van der Waals surface area contributed by atoms with Crippen molar-refractivity contribution < 1.29 is 9.53 Å². The number of nitrogens with one attached hydrogen (secondary N) is 1. The van der Waals surface area contributed by atoms with Gasteiger partial charge < -0.3 is 10.1 Å². The molecule has 17 heavy (non-hydrogen) atoms. The molecule has 1 N–H and O–H groups in total. The van der Waals surface area contributed by atoms with Crippen LogP contribution in [0.5, 0.6) is 5.75 Å². The highest BCUT2D eigenvalue weighted by molar-refractivity contribution is 5.76. The van der Waals surface area contributed by atoms with Crippen LogP contribution in [0.4, 0.5) is 5.69 Å². The number of hydrogen-bond acceptors (Lipinski definition) is 3. The van der Waals surface area contributed by atoms with E-state index in [9.17, 15) is 4.79 Å². The van der Waals surface area contributed by atoms with Crippen LogP contribution in [0.15, 0.2) is 6.07 Å². The van der Waals surface area contributed by atoms with Gasteiger partial charge in [-0.1, -0.05) is 0 Å². The lowest BCUT2D eigenvalue weighted by molar-refractivity contribution is -0.116. The fraction of sp³-hybridized carbons (Fsp3) is 0.500. The highest BCUT2D eigenvalue weighted by Crippen LogP contribution is 2.30. The van der Waals surface area contributed by atoms with Gasteiger partial charge in [-0.3, -0.25) is 4.79 Å². The quantitative estimate of drug-likeness (QED) is 0.852. The van der Waals surface area contributed by atoms with E-state index in [1.54, 1.807) is 14.0 Å². The van der Waals surface area contributed by atoms with Crippen LogP contribution in [0.3, 0.4) is 0 Å². The van der Waals surface area contributed by atoms with Crippen LogP contribution in [-0.4, -0.2) is 19.4 Å². The molecule has 1 aromatic carbocycles. The Labute approximate surface area is 103 Å². The Kier molecular flexibility index (Phi) is 4.55. The molecule has 0 heterocycles.